The normalized spacial score (nSPS) is 20.5. The van der Waals surface area contributed by atoms with E-state index in [1.54, 1.807) is 0 Å². The quantitative estimate of drug-likeness (QED) is 0.471. The van der Waals surface area contributed by atoms with E-state index in [4.69, 9.17) is 4.74 Å². The SMILES string of the molecule is CC1(CCN[N+](=O)[O-])COC1. The largest absolute Gasteiger partial charge is 0.380 e. The molecule has 1 N–H and O–H groups in total. The van der Waals surface area contributed by atoms with Gasteiger partial charge in [0.15, 0.2) is 5.03 Å². The Kier molecular flexibility index (Phi) is 2.28. The molecule has 1 fully saturated rings. The highest BCUT2D eigenvalue weighted by Crippen LogP contribution is 2.29. The van der Waals surface area contributed by atoms with Gasteiger partial charge in [0.25, 0.3) is 0 Å². The summed E-state index contributed by atoms with van der Waals surface area (Å²) in [5.74, 6) is 0. The molecular formula is C6H12N2O3. The number of hydrazine groups is 1. The standard InChI is InChI=1S/C6H12N2O3/c1-6(4-11-5-6)2-3-7-8(9)10/h7H,2-5H2,1H3. The number of hydrogen-bond acceptors (Lipinski definition) is 3. The lowest BCUT2D eigenvalue weighted by Crippen LogP contribution is -2.42. The van der Waals surface area contributed by atoms with Gasteiger partial charge in [-0.25, -0.2) is 10.1 Å². The zero-order valence-corrected chi connectivity index (χ0v) is 6.50. The van der Waals surface area contributed by atoms with Crippen molar-refractivity contribution < 1.29 is 9.77 Å². The molecule has 1 aliphatic heterocycles. The number of nitro groups is 1. The van der Waals surface area contributed by atoms with Gasteiger partial charge in [0, 0.05) is 5.41 Å². The van der Waals surface area contributed by atoms with Crippen LogP contribution in [0.2, 0.25) is 0 Å². The van der Waals surface area contributed by atoms with Crippen LogP contribution in [0.15, 0.2) is 0 Å². The summed E-state index contributed by atoms with van der Waals surface area (Å²) in [7, 11) is 0. The molecule has 0 aromatic carbocycles. The van der Waals surface area contributed by atoms with Crippen molar-refractivity contribution in [1.82, 2.24) is 5.43 Å². The second kappa shape index (κ2) is 3.04. The van der Waals surface area contributed by atoms with Crippen molar-refractivity contribution in [1.29, 1.82) is 0 Å². The molecule has 1 rings (SSSR count). The van der Waals surface area contributed by atoms with Crippen LogP contribution in [-0.4, -0.2) is 24.8 Å². The van der Waals surface area contributed by atoms with Gasteiger partial charge >= 0.3 is 0 Å². The number of ether oxygens (including phenoxy) is 1. The van der Waals surface area contributed by atoms with E-state index < -0.39 is 5.03 Å². The first-order chi connectivity index (χ1) is 5.12. The van der Waals surface area contributed by atoms with Crippen molar-refractivity contribution in [3.05, 3.63) is 10.1 Å². The molecule has 0 saturated carbocycles. The summed E-state index contributed by atoms with van der Waals surface area (Å²) >= 11 is 0. The summed E-state index contributed by atoms with van der Waals surface area (Å²) < 4.78 is 5.00. The van der Waals surface area contributed by atoms with Gasteiger partial charge in [-0.05, 0) is 6.42 Å². The molecule has 0 spiro atoms. The van der Waals surface area contributed by atoms with Crippen molar-refractivity contribution in [3.63, 3.8) is 0 Å². The fraction of sp³-hybridized carbons (Fsp3) is 1.00. The average molecular weight is 160 g/mol. The molecule has 1 heterocycles. The third-order valence-corrected chi connectivity index (χ3v) is 1.87. The summed E-state index contributed by atoms with van der Waals surface area (Å²) in [5.41, 5.74) is 2.31. The van der Waals surface area contributed by atoms with Crippen LogP contribution in [0, 0.1) is 15.5 Å². The van der Waals surface area contributed by atoms with Crippen molar-refractivity contribution in [2.75, 3.05) is 19.8 Å². The molecule has 1 saturated heterocycles. The fourth-order valence-electron chi connectivity index (χ4n) is 1.04. The molecule has 0 atom stereocenters. The van der Waals surface area contributed by atoms with Crippen molar-refractivity contribution in [3.8, 4) is 0 Å². The van der Waals surface area contributed by atoms with Gasteiger partial charge < -0.3 is 4.74 Å². The molecule has 0 aromatic rings. The van der Waals surface area contributed by atoms with Crippen LogP contribution in [0.5, 0.6) is 0 Å². The third-order valence-electron chi connectivity index (χ3n) is 1.87. The predicted molar refractivity (Wildman–Crippen MR) is 38.5 cm³/mol. The van der Waals surface area contributed by atoms with Gasteiger partial charge in [0.05, 0.1) is 19.8 Å². The molecule has 0 unspecified atom stereocenters. The van der Waals surface area contributed by atoms with E-state index in [0.717, 1.165) is 19.6 Å². The lowest BCUT2D eigenvalue weighted by Gasteiger charge is -2.37. The molecule has 0 aromatic heterocycles. The molecule has 1 aliphatic rings. The van der Waals surface area contributed by atoms with Crippen LogP contribution in [0.3, 0.4) is 0 Å². The first-order valence-corrected chi connectivity index (χ1v) is 3.58. The number of hydrogen-bond donors (Lipinski definition) is 1. The molecule has 64 valence electrons. The van der Waals surface area contributed by atoms with Crippen molar-refractivity contribution in [2.45, 2.75) is 13.3 Å². The lowest BCUT2D eigenvalue weighted by molar-refractivity contribution is -0.544. The smallest absolute Gasteiger partial charge is 0.157 e. The zero-order chi connectivity index (χ0) is 8.32. The lowest BCUT2D eigenvalue weighted by atomic mass is 9.85. The molecule has 11 heavy (non-hydrogen) atoms. The summed E-state index contributed by atoms with van der Waals surface area (Å²) in [4.78, 5) is 9.85. The maximum absolute atomic E-state index is 9.85. The van der Waals surface area contributed by atoms with Crippen LogP contribution in [0.4, 0.5) is 0 Å². The van der Waals surface area contributed by atoms with Crippen LogP contribution in [0.25, 0.3) is 0 Å². The Morgan fingerprint density at radius 2 is 2.36 bits per heavy atom. The van der Waals surface area contributed by atoms with Crippen molar-refractivity contribution in [2.24, 2.45) is 5.41 Å². The molecule has 0 amide bonds. The fourth-order valence-corrected chi connectivity index (χ4v) is 1.04. The van der Waals surface area contributed by atoms with Gasteiger partial charge in [0.2, 0.25) is 0 Å². The summed E-state index contributed by atoms with van der Waals surface area (Å²) in [6, 6.07) is 0. The van der Waals surface area contributed by atoms with Crippen LogP contribution >= 0.6 is 0 Å². The topological polar surface area (TPSA) is 64.4 Å². The van der Waals surface area contributed by atoms with Gasteiger partial charge in [-0.15, -0.1) is 5.43 Å². The van der Waals surface area contributed by atoms with Crippen molar-refractivity contribution >= 4 is 0 Å². The first kappa shape index (κ1) is 8.26. The minimum absolute atomic E-state index is 0.170. The van der Waals surface area contributed by atoms with Gasteiger partial charge in [-0.2, -0.15) is 0 Å². The van der Waals surface area contributed by atoms with Gasteiger partial charge in [0.1, 0.15) is 0 Å². The van der Waals surface area contributed by atoms with Crippen LogP contribution in [0.1, 0.15) is 13.3 Å². The van der Waals surface area contributed by atoms with Crippen LogP contribution in [-0.2, 0) is 4.74 Å². The molecule has 0 radical (unpaired) electrons. The number of nitrogens with one attached hydrogen (secondary N) is 1. The zero-order valence-electron chi connectivity index (χ0n) is 6.50. The Morgan fingerprint density at radius 3 is 2.73 bits per heavy atom. The highest BCUT2D eigenvalue weighted by Gasteiger charge is 2.32. The van der Waals surface area contributed by atoms with E-state index in [2.05, 4.69) is 12.3 Å². The highest BCUT2D eigenvalue weighted by atomic mass is 16.7. The molecule has 0 aliphatic carbocycles. The minimum Gasteiger partial charge on any atom is -0.380 e. The second-order valence-electron chi connectivity index (χ2n) is 3.22. The highest BCUT2D eigenvalue weighted by molar-refractivity contribution is 4.80. The predicted octanol–water partition coefficient (Wildman–Crippen LogP) is 0.194. The molecule has 5 nitrogen and oxygen atoms in total. The third kappa shape index (κ3) is 2.34. The maximum Gasteiger partial charge on any atom is 0.157 e. The number of nitrogens with zero attached hydrogens (tertiary/aromatic N) is 1. The van der Waals surface area contributed by atoms with E-state index >= 15 is 0 Å². The Hall–Kier alpha value is -0.840. The Labute approximate surface area is 64.8 Å². The van der Waals surface area contributed by atoms with Gasteiger partial charge in [-0.3, -0.25) is 0 Å². The van der Waals surface area contributed by atoms with E-state index in [0.29, 0.717) is 6.54 Å². The Morgan fingerprint density at radius 1 is 1.73 bits per heavy atom. The monoisotopic (exact) mass is 160 g/mol. The van der Waals surface area contributed by atoms with Gasteiger partial charge in [-0.1, -0.05) is 6.92 Å². The van der Waals surface area contributed by atoms with E-state index in [1.165, 1.54) is 0 Å². The van der Waals surface area contributed by atoms with E-state index in [1.807, 2.05) is 0 Å². The van der Waals surface area contributed by atoms with E-state index in [-0.39, 0.29) is 5.41 Å². The summed E-state index contributed by atoms with van der Waals surface area (Å²) in [6.45, 7) is 3.95. The maximum atomic E-state index is 9.85. The minimum atomic E-state index is -0.511. The Bertz CT molecular complexity index is 156. The van der Waals surface area contributed by atoms with E-state index in [9.17, 15) is 10.1 Å². The first-order valence-electron chi connectivity index (χ1n) is 3.58. The number of rotatable bonds is 4. The summed E-state index contributed by atoms with van der Waals surface area (Å²) in [5, 5.41) is 9.34. The molecule has 0 bridgehead atoms. The Balaban J connectivity index is 2.07. The summed E-state index contributed by atoms with van der Waals surface area (Å²) in [6.07, 6.45) is 0.800. The average Bonchev–Trinajstić information content (AvgIpc) is 1.83. The second-order valence-corrected chi connectivity index (χ2v) is 3.22. The molecular weight excluding hydrogens is 148 g/mol. The molecule has 5 heteroatoms. The van der Waals surface area contributed by atoms with Crippen LogP contribution < -0.4 is 5.43 Å².